The summed E-state index contributed by atoms with van der Waals surface area (Å²) in [5, 5.41) is 12.0. The van der Waals surface area contributed by atoms with E-state index in [1.165, 1.54) is 0 Å². The average molecular weight is 373 g/mol. The molecule has 8 heteroatoms. The molecule has 28 heavy (non-hydrogen) atoms. The fourth-order valence-corrected chi connectivity index (χ4v) is 3.00. The Morgan fingerprint density at radius 3 is 2.54 bits per heavy atom. The van der Waals surface area contributed by atoms with Gasteiger partial charge in [-0.25, -0.2) is 4.98 Å². The number of hydrogen-bond donors (Lipinski definition) is 3. The molecule has 2 aromatic heterocycles. The third-order valence-corrected chi connectivity index (χ3v) is 4.39. The maximum absolute atomic E-state index is 11.2. The SMILES string of the molecule is Cc1nn(C)c2cc(Nc3ccnc(Nc4ccc(C(N)=O)cc4)n3)ccc12. The molecule has 0 radical (unpaired) electrons. The van der Waals surface area contributed by atoms with Crippen LogP contribution in [0.3, 0.4) is 0 Å². The number of rotatable bonds is 5. The molecule has 4 N–H and O–H groups in total. The number of nitrogens with zero attached hydrogens (tertiary/aromatic N) is 4. The van der Waals surface area contributed by atoms with Gasteiger partial charge in [-0.3, -0.25) is 9.48 Å². The minimum absolute atomic E-state index is 0.439. The van der Waals surface area contributed by atoms with Gasteiger partial charge < -0.3 is 16.4 Å². The molecule has 0 bridgehead atoms. The van der Waals surface area contributed by atoms with Crippen molar-refractivity contribution in [3.63, 3.8) is 0 Å². The Labute approximate surface area is 161 Å². The Kier molecular flexibility index (Phi) is 4.36. The second-order valence-corrected chi connectivity index (χ2v) is 6.40. The largest absolute Gasteiger partial charge is 0.366 e. The summed E-state index contributed by atoms with van der Waals surface area (Å²) in [5.74, 6) is 0.633. The first kappa shape index (κ1) is 17.5. The third kappa shape index (κ3) is 3.48. The lowest BCUT2D eigenvalue weighted by molar-refractivity contribution is 0.100. The molecule has 0 atom stereocenters. The van der Waals surface area contributed by atoms with E-state index >= 15 is 0 Å². The second-order valence-electron chi connectivity index (χ2n) is 6.40. The van der Waals surface area contributed by atoms with Gasteiger partial charge in [-0.2, -0.15) is 10.1 Å². The summed E-state index contributed by atoms with van der Waals surface area (Å²) >= 11 is 0. The molecule has 0 saturated heterocycles. The summed E-state index contributed by atoms with van der Waals surface area (Å²) in [6, 6.07) is 14.7. The van der Waals surface area contributed by atoms with Crippen molar-refractivity contribution in [1.29, 1.82) is 0 Å². The van der Waals surface area contributed by atoms with Gasteiger partial charge in [0.15, 0.2) is 0 Å². The van der Waals surface area contributed by atoms with Crippen LogP contribution >= 0.6 is 0 Å². The van der Waals surface area contributed by atoms with Crippen LogP contribution in [0, 0.1) is 6.92 Å². The first-order valence-corrected chi connectivity index (χ1v) is 8.70. The summed E-state index contributed by atoms with van der Waals surface area (Å²) in [5.41, 5.74) is 9.42. The first-order valence-electron chi connectivity index (χ1n) is 8.70. The quantitative estimate of drug-likeness (QED) is 0.495. The van der Waals surface area contributed by atoms with E-state index in [1.807, 2.05) is 36.9 Å². The molecule has 0 spiro atoms. The van der Waals surface area contributed by atoms with Crippen molar-refractivity contribution >= 4 is 40.0 Å². The summed E-state index contributed by atoms with van der Waals surface area (Å²) in [6.45, 7) is 1.99. The highest BCUT2D eigenvalue weighted by atomic mass is 16.1. The van der Waals surface area contributed by atoms with Crippen molar-refractivity contribution in [2.45, 2.75) is 6.92 Å². The molecule has 4 rings (SSSR count). The lowest BCUT2D eigenvalue weighted by atomic mass is 10.2. The van der Waals surface area contributed by atoms with Crippen LogP contribution in [0.15, 0.2) is 54.7 Å². The fourth-order valence-electron chi connectivity index (χ4n) is 3.00. The van der Waals surface area contributed by atoms with Crippen LogP contribution in [0.4, 0.5) is 23.1 Å². The number of primary amides is 1. The summed E-state index contributed by atoms with van der Waals surface area (Å²) in [4.78, 5) is 19.9. The number of nitrogens with two attached hydrogens (primary N) is 1. The molecule has 1 amide bonds. The number of amides is 1. The third-order valence-electron chi connectivity index (χ3n) is 4.39. The monoisotopic (exact) mass is 373 g/mol. The van der Waals surface area contributed by atoms with E-state index in [0.717, 1.165) is 28.0 Å². The maximum Gasteiger partial charge on any atom is 0.248 e. The van der Waals surface area contributed by atoms with Gasteiger partial charge in [0.05, 0.1) is 11.2 Å². The van der Waals surface area contributed by atoms with Crippen LogP contribution in [-0.2, 0) is 7.05 Å². The van der Waals surface area contributed by atoms with Gasteiger partial charge in [0.25, 0.3) is 0 Å². The molecule has 0 aliphatic heterocycles. The predicted octanol–water partition coefficient (Wildman–Crippen LogP) is 3.26. The van der Waals surface area contributed by atoms with E-state index in [9.17, 15) is 4.79 Å². The van der Waals surface area contributed by atoms with Gasteiger partial charge in [-0.05, 0) is 55.5 Å². The van der Waals surface area contributed by atoms with Gasteiger partial charge in [0.2, 0.25) is 11.9 Å². The van der Waals surface area contributed by atoms with E-state index in [0.29, 0.717) is 17.3 Å². The number of fused-ring (bicyclic) bond motifs is 1. The number of aryl methyl sites for hydroxylation is 2. The first-order chi connectivity index (χ1) is 13.5. The molecule has 0 saturated carbocycles. The van der Waals surface area contributed by atoms with E-state index in [4.69, 9.17) is 5.73 Å². The number of carbonyl (C=O) groups is 1. The van der Waals surface area contributed by atoms with Crippen LogP contribution in [0.5, 0.6) is 0 Å². The van der Waals surface area contributed by atoms with Gasteiger partial charge in [0, 0.05) is 35.6 Å². The Bertz CT molecular complexity index is 1170. The van der Waals surface area contributed by atoms with Gasteiger partial charge in [-0.1, -0.05) is 0 Å². The van der Waals surface area contributed by atoms with Crippen LogP contribution in [0.1, 0.15) is 16.1 Å². The lowest BCUT2D eigenvalue weighted by Gasteiger charge is -2.09. The Hall–Kier alpha value is -3.94. The standard InChI is InChI=1S/C20H19N7O/c1-12-16-8-7-15(11-17(16)27(2)26-12)23-18-9-10-22-20(25-18)24-14-5-3-13(4-6-14)19(21)28/h3-11H,1-2H3,(H2,21,28)(H2,22,23,24,25). The summed E-state index contributed by atoms with van der Waals surface area (Å²) < 4.78 is 1.86. The highest BCUT2D eigenvalue weighted by molar-refractivity contribution is 5.93. The number of hydrogen-bond acceptors (Lipinski definition) is 6. The predicted molar refractivity (Wildman–Crippen MR) is 109 cm³/mol. The van der Waals surface area contributed by atoms with Crippen LogP contribution in [0.25, 0.3) is 10.9 Å². The molecule has 2 heterocycles. The normalized spacial score (nSPS) is 10.8. The zero-order chi connectivity index (χ0) is 19.7. The van der Waals surface area contributed by atoms with E-state index in [-0.39, 0.29) is 0 Å². The van der Waals surface area contributed by atoms with Crippen LogP contribution in [0.2, 0.25) is 0 Å². The maximum atomic E-state index is 11.2. The highest BCUT2D eigenvalue weighted by Crippen LogP contribution is 2.24. The van der Waals surface area contributed by atoms with E-state index in [2.05, 4.69) is 25.7 Å². The van der Waals surface area contributed by atoms with Crippen molar-refractivity contribution in [2.24, 2.45) is 12.8 Å². The zero-order valence-corrected chi connectivity index (χ0v) is 15.5. The number of carbonyl (C=O) groups excluding carboxylic acids is 1. The van der Waals surface area contributed by atoms with Crippen molar-refractivity contribution in [2.75, 3.05) is 10.6 Å². The molecule has 8 nitrogen and oxygen atoms in total. The van der Waals surface area contributed by atoms with Crippen molar-refractivity contribution in [3.8, 4) is 0 Å². The molecule has 0 fully saturated rings. The second kappa shape index (κ2) is 6.99. The molecule has 0 aliphatic carbocycles. The van der Waals surface area contributed by atoms with Gasteiger partial charge in [-0.15, -0.1) is 0 Å². The minimum atomic E-state index is -0.463. The Morgan fingerprint density at radius 1 is 1.04 bits per heavy atom. The Morgan fingerprint density at radius 2 is 1.79 bits per heavy atom. The zero-order valence-electron chi connectivity index (χ0n) is 15.5. The fraction of sp³-hybridized carbons (Fsp3) is 0.100. The number of anilines is 4. The van der Waals surface area contributed by atoms with Gasteiger partial charge >= 0.3 is 0 Å². The highest BCUT2D eigenvalue weighted by Gasteiger charge is 2.07. The number of nitrogens with one attached hydrogen (secondary N) is 2. The van der Waals surface area contributed by atoms with E-state index < -0.39 is 5.91 Å². The Balaban J connectivity index is 1.53. The van der Waals surface area contributed by atoms with E-state index in [1.54, 1.807) is 36.5 Å². The molecule has 0 unspecified atom stereocenters. The number of aromatic nitrogens is 4. The van der Waals surface area contributed by atoms with Crippen molar-refractivity contribution in [3.05, 3.63) is 66.0 Å². The van der Waals surface area contributed by atoms with Crippen LogP contribution in [-0.4, -0.2) is 25.7 Å². The van der Waals surface area contributed by atoms with Crippen molar-refractivity contribution < 1.29 is 4.79 Å². The summed E-state index contributed by atoms with van der Waals surface area (Å²) in [7, 11) is 1.93. The molecule has 4 aromatic rings. The average Bonchev–Trinajstić information content (AvgIpc) is 2.96. The molecular weight excluding hydrogens is 354 g/mol. The smallest absolute Gasteiger partial charge is 0.248 e. The van der Waals surface area contributed by atoms with Crippen molar-refractivity contribution in [1.82, 2.24) is 19.7 Å². The molecule has 0 aliphatic rings. The van der Waals surface area contributed by atoms with Crippen LogP contribution < -0.4 is 16.4 Å². The lowest BCUT2D eigenvalue weighted by Crippen LogP contribution is -2.10. The topological polar surface area (TPSA) is 111 Å². The molecule has 140 valence electrons. The summed E-state index contributed by atoms with van der Waals surface area (Å²) in [6.07, 6.45) is 1.67. The van der Waals surface area contributed by atoms with Gasteiger partial charge in [0.1, 0.15) is 5.82 Å². The minimum Gasteiger partial charge on any atom is -0.366 e. The number of benzene rings is 2. The molecule has 2 aromatic carbocycles. The molecular formula is C20H19N7O.